The number of hydrogen-bond donors (Lipinski definition) is 1. The summed E-state index contributed by atoms with van der Waals surface area (Å²) in [5.41, 5.74) is 10.4. The Morgan fingerprint density at radius 3 is 1.09 bits per heavy atom. The van der Waals surface area contributed by atoms with E-state index in [9.17, 15) is 37.5 Å². The number of piperidine rings is 4. The number of aliphatic hydroxyl groups excluding tert-OH is 1. The molecule has 0 radical (unpaired) electrons. The van der Waals surface area contributed by atoms with Gasteiger partial charge in [-0.3, -0.25) is 34.1 Å². The lowest BCUT2D eigenvalue weighted by Crippen LogP contribution is -2.47. The molecule has 16 heterocycles. The molecule has 12 aromatic heterocycles. The van der Waals surface area contributed by atoms with Crippen LogP contribution in [0.4, 0.5) is 13.2 Å². The lowest BCUT2D eigenvalue weighted by atomic mass is 10.0. The summed E-state index contributed by atoms with van der Waals surface area (Å²) in [7, 11) is 0. The number of alkyl halides is 1. The Hall–Kier alpha value is -13.7. The molecule has 0 spiro atoms. The smallest absolute Gasteiger partial charge is 0.273 e. The molecule has 124 heavy (non-hydrogen) atoms. The summed E-state index contributed by atoms with van der Waals surface area (Å²) in [4.78, 5) is 130. The second kappa shape index (κ2) is 36.2. The number of carbonyl (C=O) groups excluding carboxylic acids is 4. The summed E-state index contributed by atoms with van der Waals surface area (Å²) in [5.74, 6) is 3.40. The van der Waals surface area contributed by atoms with Crippen molar-refractivity contribution in [2.75, 3.05) is 26.2 Å². The molecule has 4 amide bonds. The fraction of sp³-hybridized carbons (Fsp3) is 0.348. The van der Waals surface area contributed by atoms with Crippen molar-refractivity contribution >= 4 is 23.6 Å². The molecule has 4 aliphatic carbocycles. The largest absolute Gasteiger partial charge is 0.472 e. The number of hydrogen-bond acceptors (Lipinski definition) is 25. The predicted molar refractivity (Wildman–Crippen MR) is 445 cm³/mol. The molecule has 8 fully saturated rings. The van der Waals surface area contributed by atoms with E-state index in [-0.39, 0.29) is 96.2 Å². The number of amides is 4. The van der Waals surface area contributed by atoms with E-state index in [1.54, 1.807) is 117 Å². The molecule has 8 aliphatic rings. The van der Waals surface area contributed by atoms with E-state index >= 15 is 0 Å². The first-order chi connectivity index (χ1) is 60.2. The van der Waals surface area contributed by atoms with Gasteiger partial charge < -0.3 is 43.7 Å². The highest BCUT2D eigenvalue weighted by molar-refractivity contribution is 6.01. The third kappa shape index (κ3) is 18.1. The van der Waals surface area contributed by atoms with Gasteiger partial charge in [-0.1, -0.05) is 12.1 Å². The first-order valence-electron chi connectivity index (χ1n) is 41.4. The van der Waals surface area contributed by atoms with Gasteiger partial charge in [-0.25, -0.2) is 78.0 Å². The number of likely N-dealkylation sites (tertiary alicyclic amines) is 4. The lowest BCUT2D eigenvalue weighted by molar-refractivity contribution is 0.0459. The number of pyridine rings is 8. The third-order valence-corrected chi connectivity index (χ3v) is 23.8. The van der Waals surface area contributed by atoms with E-state index in [0.29, 0.717) is 130 Å². The van der Waals surface area contributed by atoms with Gasteiger partial charge in [0.25, 0.3) is 23.6 Å². The minimum Gasteiger partial charge on any atom is -0.472 e. The van der Waals surface area contributed by atoms with Crippen molar-refractivity contribution in [1.82, 2.24) is 99.3 Å². The lowest BCUT2D eigenvalue weighted by Gasteiger charge is -2.33. The van der Waals surface area contributed by atoms with Crippen molar-refractivity contribution < 1.29 is 56.4 Å². The molecule has 632 valence electrons. The van der Waals surface area contributed by atoms with Crippen LogP contribution in [0, 0.1) is 76.8 Å². The topological polar surface area (TPSA) is 345 Å². The van der Waals surface area contributed by atoms with Crippen molar-refractivity contribution in [3.8, 4) is 69.2 Å². The monoisotopic (exact) mass is 1670 g/mol. The number of rotatable bonds is 18. The molecule has 20 rings (SSSR count). The van der Waals surface area contributed by atoms with Gasteiger partial charge >= 0.3 is 0 Å². The van der Waals surface area contributed by atoms with E-state index in [4.69, 9.17) is 18.9 Å². The molecule has 0 aromatic carbocycles. The third-order valence-electron chi connectivity index (χ3n) is 23.8. The van der Waals surface area contributed by atoms with Gasteiger partial charge in [0.05, 0.1) is 77.8 Å². The second-order valence-electron chi connectivity index (χ2n) is 32.9. The van der Waals surface area contributed by atoms with Crippen molar-refractivity contribution in [3.05, 3.63) is 263 Å². The van der Waals surface area contributed by atoms with Crippen molar-refractivity contribution in [3.63, 3.8) is 0 Å². The van der Waals surface area contributed by atoms with Crippen molar-refractivity contribution in [2.45, 2.75) is 155 Å². The van der Waals surface area contributed by atoms with Crippen LogP contribution >= 0.6 is 0 Å². The molecule has 4 saturated carbocycles. The predicted octanol–water partition coefficient (Wildman–Crippen LogP) is 12.6. The van der Waals surface area contributed by atoms with Gasteiger partial charge in [0.2, 0.25) is 23.5 Å². The molecule has 29 nitrogen and oxygen atoms in total. The number of fused-ring (bicyclic) bond motifs is 8. The molecule has 12 atom stereocenters. The minimum absolute atomic E-state index is 0.0242. The van der Waals surface area contributed by atoms with Gasteiger partial charge in [-0.15, -0.1) is 0 Å². The van der Waals surface area contributed by atoms with Crippen LogP contribution in [0.5, 0.6) is 23.5 Å². The number of nitrogens with zero attached hydrogens (tertiary/aromatic N) is 20. The standard InChI is InChI=1S/3C23H22FN5O2.C23H23N5O3/c1-13-3-6-20(25-9-13)31-19-8-15-7-18(19)29(12-15)23(30)17-5-4-14(2)28-21(17)22-26-10-16(24)11-27-22;1-13-3-4-20(25-8-13)31-19-7-15-6-18(19)29(12-15)23(30)21-17(5-14(2)9-26-21)22-27-10-16(24)11-28-22;1-14-7-17(22-26-4-2-5-27-22)21(28-12-14)23(30)29-13-16-8-18(29)19(9-16)31-20-10-15(11-24)3-6-25-20;1-14-7-17(22-25-4-2-5-26-22)21(27-11-14)23(30)28-12-16-8-18(28)19(9-16)31-20-10-15(13-29)3-6-24-20/h3-6,9-11,15,18-19H,7-8,12H2,1-2H3;3-5,8-11,15,18-19H,6-7,12H2,1-2H3;2-7,10,12,16,18-19H,8-9,11,13H2,1H3;2-7,10-11,16,18-19,29H,8-9,12-13H2,1H3. The molecule has 1 N–H and O–H groups in total. The summed E-state index contributed by atoms with van der Waals surface area (Å²) in [5, 5.41) is 9.36. The fourth-order valence-electron chi connectivity index (χ4n) is 18.1. The summed E-state index contributed by atoms with van der Waals surface area (Å²) >= 11 is 0. The maximum Gasteiger partial charge on any atom is 0.273 e. The van der Waals surface area contributed by atoms with Crippen LogP contribution in [0.3, 0.4) is 0 Å². The number of ether oxygens (including phenoxy) is 4. The highest BCUT2D eigenvalue weighted by Gasteiger charge is 2.53. The Morgan fingerprint density at radius 2 is 0.718 bits per heavy atom. The average Bonchev–Trinajstić information content (AvgIpc) is 1.61. The van der Waals surface area contributed by atoms with E-state index in [1.165, 1.54) is 0 Å². The quantitative estimate of drug-likeness (QED) is 0.0833. The molecule has 12 aromatic rings. The Balaban J connectivity index is 0.000000117. The molecule has 8 bridgehead atoms. The van der Waals surface area contributed by atoms with Crippen LogP contribution in [0.15, 0.2) is 184 Å². The summed E-state index contributed by atoms with van der Waals surface area (Å²) in [6, 6.07) is 26.8. The number of aromatic nitrogens is 16. The van der Waals surface area contributed by atoms with E-state index in [0.717, 1.165) is 115 Å². The molecular formula is C92H89F3N20O9. The summed E-state index contributed by atoms with van der Waals surface area (Å²) < 4.78 is 64.1. The molecule has 4 aliphatic heterocycles. The SMILES string of the molecule is Cc1ccc(OC2CC3CC2N(C(=O)c2ccc(C)nc2-c2ncc(F)cn2)C3)nc1.Cc1ccc(OC2CC3CC2N(C(=O)c2ncc(C)cc2-c2ncc(F)cn2)C3)nc1.Cc1cnc(C(=O)N2CC3CC(Oc4cc(CF)ccn4)C2C3)c(-c2ncccn2)c1.Cc1cnc(C(=O)N2CC3CC(Oc4cc(CO)ccn4)C2C3)c(-c2ncccn2)c1. The van der Waals surface area contributed by atoms with Gasteiger partial charge in [0, 0.05) is 124 Å². The van der Waals surface area contributed by atoms with Gasteiger partial charge in [0.1, 0.15) is 53.9 Å². The Morgan fingerprint density at radius 1 is 0.363 bits per heavy atom. The first kappa shape index (κ1) is 82.7. The molecule has 4 saturated heterocycles. The zero-order valence-corrected chi connectivity index (χ0v) is 68.9. The average molecular weight is 1680 g/mol. The summed E-state index contributed by atoms with van der Waals surface area (Å²) in [6.45, 7) is 13.6. The number of halogens is 3. The van der Waals surface area contributed by atoms with Gasteiger partial charge in [0.15, 0.2) is 34.9 Å². The van der Waals surface area contributed by atoms with Crippen LogP contribution in [-0.2, 0) is 13.3 Å². The number of aryl methyl sites for hydroxylation is 6. The van der Waals surface area contributed by atoms with Gasteiger partial charge in [-0.05, 0) is 210 Å². The van der Waals surface area contributed by atoms with Crippen LogP contribution in [0.1, 0.15) is 138 Å². The molecule has 32 heteroatoms. The fourth-order valence-corrected chi connectivity index (χ4v) is 18.1. The van der Waals surface area contributed by atoms with Crippen molar-refractivity contribution in [1.29, 1.82) is 0 Å². The van der Waals surface area contributed by atoms with Crippen LogP contribution in [0.2, 0.25) is 0 Å². The van der Waals surface area contributed by atoms with E-state index < -0.39 is 18.3 Å². The van der Waals surface area contributed by atoms with Crippen LogP contribution in [-0.4, -0.2) is 203 Å². The highest BCUT2D eigenvalue weighted by Crippen LogP contribution is 2.46. The zero-order chi connectivity index (χ0) is 85.8. The minimum atomic E-state index is -0.566. The highest BCUT2D eigenvalue weighted by atomic mass is 19.1. The Bertz CT molecular complexity index is 5530. The maximum atomic E-state index is 13.5. The van der Waals surface area contributed by atoms with Gasteiger partial charge in [-0.2, -0.15) is 0 Å². The van der Waals surface area contributed by atoms with Crippen LogP contribution < -0.4 is 18.9 Å². The maximum absolute atomic E-state index is 13.5. The molecule has 12 unspecified atom stereocenters. The van der Waals surface area contributed by atoms with Crippen LogP contribution in [0.25, 0.3) is 45.7 Å². The molecular weight excluding hydrogens is 1590 g/mol. The van der Waals surface area contributed by atoms with Crippen molar-refractivity contribution in [2.24, 2.45) is 23.7 Å². The second-order valence-corrected chi connectivity index (χ2v) is 32.9. The van der Waals surface area contributed by atoms with E-state index in [1.807, 2.05) is 104 Å². The normalized spacial score (nSPS) is 22.0. The zero-order valence-electron chi connectivity index (χ0n) is 68.9. The number of carbonyl (C=O) groups is 4. The Labute approximate surface area is 712 Å². The first-order valence-corrected chi connectivity index (χ1v) is 41.4. The summed E-state index contributed by atoms with van der Waals surface area (Å²) in [6.07, 6.45) is 29.4. The number of aliphatic hydroxyl groups is 1. The van der Waals surface area contributed by atoms with E-state index in [2.05, 4.69) is 79.7 Å². The Kier molecular flexibility index (Phi) is 24.1.